The maximum atomic E-state index is 5.54. The molecule has 0 spiro atoms. The van der Waals surface area contributed by atoms with Crippen molar-refractivity contribution < 1.29 is 9.15 Å². The van der Waals surface area contributed by atoms with Crippen molar-refractivity contribution in [1.29, 1.82) is 0 Å². The predicted octanol–water partition coefficient (Wildman–Crippen LogP) is 2.75. The molecule has 0 amide bonds. The van der Waals surface area contributed by atoms with Gasteiger partial charge in [0.15, 0.2) is 0 Å². The van der Waals surface area contributed by atoms with Crippen molar-refractivity contribution in [3.05, 3.63) is 24.2 Å². The molecule has 1 fully saturated rings. The minimum absolute atomic E-state index is 0.360. The molecule has 1 saturated heterocycles. The second-order valence-electron chi connectivity index (χ2n) is 4.40. The van der Waals surface area contributed by atoms with Crippen molar-refractivity contribution in [3.8, 4) is 0 Å². The SMILES string of the molecule is CCCNC(c1ccco1)C1CCOCC1. The van der Waals surface area contributed by atoms with E-state index in [0.717, 1.165) is 44.8 Å². The van der Waals surface area contributed by atoms with E-state index >= 15 is 0 Å². The van der Waals surface area contributed by atoms with Gasteiger partial charge in [0.25, 0.3) is 0 Å². The fourth-order valence-electron chi connectivity index (χ4n) is 2.32. The highest BCUT2D eigenvalue weighted by molar-refractivity contribution is 5.06. The van der Waals surface area contributed by atoms with Crippen LogP contribution in [0.1, 0.15) is 38.0 Å². The maximum absolute atomic E-state index is 5.54. The third-order valence-corrected chi connectivity index (χ3v) is 3.20. The molecule has 1 aromatic heterocycles. The Kier molecular flexibility index (Phi) is 4.43. The molecule has 1 atom stereocenters. The standard InChI is InChI=1S/C13H21NO2/c1-2-7-14-13(12-4-3-8-16-12)11-5-9-15-10-6-11/h3-4,8,11,13-14H,2,5-7,9-10H2,1H3. The fraction of sp³-hybridized carbons (Fsp3) is 0.692. The second kappa shape index (κ2) is 6.06. The summed E-state index contributed by atoms with van der Waals surface area (Å²) in [6.07, 6.45) is 5.17. The molecule has 0 radical (unpaired) electrons. The number of furan rings is 1. The monoisotopic (exact) mass is 223 g/mol. The van der Waals surface area contributed by atoms with Crippen molar-refractivity contribution in [2.75, 3.05) is 19.8 Å². The number of rotatable bonds is 5. The first kappa shape index (κ1) is 11.7. The maximum Gasteiger partial charge on any atom is 0.120 e. The predicted molar refractivity (Wildman–Crippen MR) is 63.3 cm³/mol. The van der Waals surface area contributed by atoms with Gasteiger partial charge in [0, 0.05) is 13.2 Å². The smallest absolute Gasteiger partial charge is 0.120 e. The highest BCUT2D eigenvalue weighted by Gasteiger charge is 2.26. The van der Waals surface area contributed by atoms with Crippen LogP contribution in [0.2, 0.25) is 0 Å². The molecule has 1 aliphatic heterocycles. The molecule has 3 heteroatoms. The Hall–Kier alpha value is -0.800. The summed E-state index contributed by atoms with van der Waals surface area (Å²) in [5.74, 6) is 1.71. The van der Waals surface area contributed by atoms with Crippen molar-refractivity contribution >= 4 is 0 Å². The van der Waals surface area contributed by atoms with Gasteiger partial charge in [0.2, 0.25) is 0 Å². The number of hydrogen-bond acceptors (Lipinski definition) is 3. The average molecular weight is 223 g/mol. The van der Waals surface area contributed by atoms with Gasteiger partial charge in [-0.2, -0.15) is 0 Å². The third-order valence-electron chi connectivity index (χ3n) is 3.20. The minimum atomic E-state index is 0.360. The number of nitrogens with one attached hydrogen (secondary N) is 1. The molecule has 0 bridgehead atoms. The summed E-state index contributed by atoms with van der Waals surface area (Å²) in [4.78, 5) is 0. The van der Waals surface area contributed by atoms with E-state index in [4.69, 9.17) is 9.15 Å². The molecule has 90 valence electrons. The molecule has 1 unspecified atom stereocenters. The summed E-state index contributed by atoms with van der Waals surface area (Å²) in [6.45, 7) is 5.00. The molecular weight excluding hydrogens is 202 g/mol. The lowest BCUT2D eigenvalue weighted by Gasteiger charge is -2.29. The first-order valence-electron chi connectivity index (χ1n) is 6.26. The Morgan fingerprint density at radius 2 is 2.25 bits per heavy atom. The lowest BCUT2D eigenvalue weighted by Crippen LogP contribution is -2.32. The van der Waals surface area contributed by atoms with Crippen LogP contribution < -0.4 is 5.32 Å². The second-order valence-corrected chi connectivity index (χ2v) is 4.40. The quantitative estimate of drug-likeness (QED) is 0.833. The normalized spacial score (nSPS) is 19.8. The van der Waals surface area contributed by atoms with Crippen molar-refractivity contribution in [1.82, 2.24) is 5.32 Å². The van der Waals surface area contributed by atoms with Crippen LogP contribution in [0, 0.1) is 5.92 Å². The van der Waals surface area contributed by atoms with E-state index in [9.17, 15) is 0 Å². The first-order valence-corrected chi connectivity index (χ1v) is 6.26. The summed E-state index contributed by atoms with van der Waals surface area (Å²) in [5.41, 5.74) is 0. The van der Waals surface area contributed by atoms with Gasteiger partial charge in [-0.05, 0) is 43.9 Å². The molecule has 1 aliphatic rings. The molecular formula is C13H21NO2. The Morgan fingerprint density at radius 3 is 2.88 bits per heavy atom. The van der Waals surface area contributed by atoms with Gasteiger partial charge in [0.1, 0.15) is 5.76 Å². The van der Waals surface area contributed by atoms with Gasteiger partial charge in [0.05, 0.1) is 12.3 Å². The van der Waals surface area contributed by atoms with Crippen molar-refractivity contribution in [2.45, 2.75) is 32.2 Å². The fourth-order valence-corrected chi connectivity index (χ4v) is 2.32. The molecule has 0 aliphatic carbocycles. The van der Waals surface area contributed by atoms with Crippen LogP contribution in [0.25, 0.3) is 0 Å². The summed E-state index contributed by atoms with van der Waals surface area (Å²) >= 11 is 0. The molecule has 2 heterocycles. The third kappa shape index (κ3) is 2.86. The van der Waals surface area contributed by atoms with E-state index in [1.807, 2.05) is 6.07 Å². The van der Waals surface area contributed by atoms with E-state index < -0.39 is 0 Å². The minimum Gasteiger partial charge on any atom is -0.468 e. The Labute approximate surface area is 97.2 Å². The van der Waals surface area contributed by atoms with Crippen LogP contribution in [0.4, 0.5) is 0 Å². The Balaban J connectivity index is 2.01. The number of hydrogen-bond donors (Lipinski definition) is 1. The molecule has 0 saturated carbocycles. The Morgan fingerprint density at radius 1 is 1.44 bits per heavy atom. The van der Waals surface area contributed by atoms with Crippen LogP contribution in [-0.2, 0) is 4.74 Å². The average Bonchev–Trinajstić information content (AvgIpc) is 2.85. The van der Waals surface area contributed by atoms with E-state index in [0.29, 0.717) is 12.0 Å². The first-order chi connectivity index (χ1) is 7.92. The lowest BCUT2D eigenvalue weighted by molar-refractivity contribution is 0.0506. The van der Waals surface area contributed by atoms with Gasteiger partial charge < -0.3 is 14.5 Å². The van der Waals surface area contributed by atoms with Crippen molar-refractivity contribution in [2.24, 2.45) is 5.92 Å². The lowest BCUT2D eigenvalue weighted by atomic mass is 9.90. The highest BCUT2D eigenvalue weighted by Crippen LogP contribution is 2.30. The molecule has 2 rings (SSSR count). The zero-order valence-corrected chi connectivity index (χ0v) is 9.95. The summed E-state index contributed by atoms with van der Waals surface area (Å²) in [7, 11) is 0. The highest BCUT2D eigenvalue weighted by atomic mass is 16.5. The molecule has 1 N–H and O–H groups in total. The van der Waals surface area contributed by atoms with Crippen LogP contribution in [0.15, 0.2) is 22.8 Å². The molecule has 1 aromatic rings. The number of ether oxygens (including phenoxy) is 1. The van der Waals surface area contributed by atoms with E-state index in [1.165, 1.54) is 0 Å². The Bertz CT molecular complexity index is 278. The van der Waals surface area contributed by atoms with Crippen LogP contribution >= 0.6 is 0 Å². The van der Waals surface area contributed by atoms with Crippen LogP contribution in [-0.4, -0.2) is 19.8 Å². The van der Waals surface area contributed by atoms with E-state index in [2.05, 4.69) is 18.3 Å². The van der Waals surface area contributed by atoms with Gasteiger partial charge >= 0.3 is 0 Å². The van der Waals surface area contributed by atoms with E-state index in [1.54, 1.807) is 6.26 Å². The zero-order valence-electron chi connectivity index (χ0n) is 9.95. The zero-order chi connectivity index (χ0) is 11.2. The molecule has 0 aromatic carbocycles. The van der Waals surface area contributed by atoms with Crippen molar-refractivity contribution in [3.63, 3.8) is 0 Å². The molecule has 3 nitrogen and oxygen atoms in total. The summed E-state index contributed by atoms with van der Waals surface area (Å²) in [6, 6.07) is 4.40. The van der Waals surface area contributed by atoms with Gasteiger partial charge in [-0.3, -0.25) is 0 Å². The van der Waals surface area contributed by atoms with Crippen LogP contribution in [0.5, 0.6) is 0 Å². The van der Waals surface area contributed by atoms with Gasteiger partial charge in [-0.15, -0.1) is 0 Å². The van der Waals surface area contributed by atoms with Gasteiger partial charge in [-0.25, -0.2) is 0 Å². The molecule has 16 heavy (non-hydrogen) atoms. The topological polar surface area (TPSA) is 34.4 Å². The summed E-state index contributed by atoms with van der Waals surface area (Å²) < 4.78 is 11.0. The van der Waals surface area contributed by atoms with E-state index in [-0.39, 0.29) is 0 Å². The largest absolute Gasteiger partial charge is 0.468 e. The summed E-state index contributed by atoms with van der Waals surface area (Å²) in [5, 5.41) is 3.59. The van der Waals surface area contributed by atoms with Crippen LogP contribution in [0.3, 0.4) is 0 Å². The van der Waals surface area contributed by atoms with Gasteiger partial charge in [-0.1, -0.05) is 6.92 Å².